The van der Waals surface area contributed by atoms with Crippen molar-refractivity contribution in [2.45, 2.75) is 25.9 Å². The number of benzene rings is 2. The summed E-state index contributed by atoms with van der Waals surface area (Å²) in [6, 6.07) is 24.0. The molecular formula is C34H27BrF2N8. The van der Waals surface area contributed by atoms with E-state index >= 15 is 0 Å². The van der Waals surface area contributed by atoms with Gasteiger partial charge in [-0.05, 0) is 88.4 Å². The van der Waals surface area contributed by atoms with Gasteiger partial charge >= 0.3 is 0 Å². The summed E-state index contributed by atoms with van der Waals surface area (Å²) in [5.74, 6) is -0.410. The summed E-state index contributed by atoms with van der Waals surface area (Å²) < 4.78 is 30.4. The topological polar surface area (TPSA) is 109 Å². The Morgan fingerprint density at radius 1 is 0.667 bits per heavy atom. The molecule has 0 bridgehead atoms. The van der Waals surface area contributed by atoms with E-state index in [1.165, 1.54) is 24.3 Å². The van der Waals surface area contributed by atoms with E-state index in [0.29, 0.717) is 11.4 Å². The number of aryl methyl sites for hydroxylation is 4. The molecule has 4 heterocycles. The molecule has 0 amide bonds. The van der Waals surface area contributed by atoms with Crippen molar-refractivity contribution in [1.29, 1.82) is 10.5 Å². The number of rotatable bonds is 7. The molecular weight excluding hydrogens is 638 g/mol. The minimum Gasteiger partial charge on any atom is -0.337 e. The van der Waals surface area contributed by atoms with E-state index in [-0.39, 0.29) is 11.6 Å². The van der Waals surface area contributed by atoms with Gasteiger partial charge in [-0.3, -0.25) is 0 Å². The number of pyridine rings is 2. The minimum absolute atomic E-state index is 0.184. The van der Waals surface area contributed by atoms with Crippen LogP contribution in [0.5, 0.6) is 0 Å². The van der Waals surface area contributed by atoms with Crippen molar-refractivity contribution in [1.82, 2.24) is 29.1 Å². The second kappa shape index (κ2) is 16.9. The predicted octanol–water partition coefficient (Wildman–Crippen LogP) is 7.18. The molecule has 0 saturated carbocycles. The standard InChI is InChI=1S/C17H13FN4.C11H11FN2.C6H3BrN2/c18-15-4-1-13(2-5-15)7-8-22-12-20-11-17(22)14-3-6-16(9-19)21-10-14;12-11-3-1-10(2-4-11)5-7-14-8-6-13-9-14;7-5-1-2-6(3-8)9-4-5/h1-6,10-12H,7-8H2;1-4,6,8-9H,5,7H2;1-2,4H. The Balaban J connectivity index is 0.000000171. The number of imidazole rings is 2. The van der Waals surface area contributed by atoms with Gasteiger partial charge in [0.25, 0.3) is 0 Å². The van der Waals surface area contributed by atoms with Gasteiger partial charge in [0.05, 0.1) is 24.5 Å². The van der Waals surface area contributed by atoms with E-state index in [0.717, 1.165) is 52.8 Å². The lowest BCUT2D eigenvalue weighted by molar-refractivity contribution is 0.625. The fourth-order valence-electron chi connectivity index (χ4n) is 4.02. The largest absolute Gasteiger partial charge is 0.337 e. The van der Waals surface area contributed by atoms with Gasteiger partial charge in [0.2, 0.25) is 0 Å². The van der Waals surface area contributed by atoms with Crippen LogP contribution in [-0.2, 0) is 25.9 Å². The zero-order chi connectivity index (χ0) is 31.9. The maximum Gasteiger partial charge on any atom is 0.140 e. The Kier molecular flexibility index (Phi) is 12.2. The second-order valence-corrected chi connectivity index (χ2v) is 10.5. The number of halogens is 3. The fraction of sp³-hybridized carbons (Fsp3) is 0.118. The highest BCUT2D eigenvalue weighted by molar-refractivity contribution is 9.10. The molecule has 0 spiro atoms. The predicted molar refractivity (Wildman–Crippen MR) is 169 cm³/mol. The first kappa shape index (κ1) is 32.4. The van der Waals surface area contributed by atoms with Crippen LogP contribution in [0.15, 0.2) is 121 Å². The molecule has 2 aromatic carbocycles. The van der Waals surface area contributed by atoms with Gasteiger partial charge in [0.15, 0.2) is 0 Å². The normalized spacial score (nSPS) is 9.98. The van der Waals surface area contributed by atoms with Crippen LogP contribution < -0.4 is 0 Å². The first-order valence-corrected chi connectivity index (χ1v) is 14.6. The Morgan fingerprint density at radius 3 is 1.78 bits per heavy atom. The van der Waals surface area contributed by atoms with Crippen molar-refractivity contribution >= 4 is 15.9 Å². The van der Waals surface area contributed by atoms with E-state index in [1.54, 1.807) is 67.8 Å². The highest BCUT2D eigenvalue weighted by Gasteiger charge is 2.06. The monoisotopic (exact) mass is 664 g/mol. The molecule has 11 heteroatoms. The Hall–Kier alpha value is -5.52. The van der Waals surface area contributed by atoms with Crippen molar-refractivity contribution in [3.8, 4) is 23.4 Å². The molecule has 6 rings (SSSR count). The van der Waals surface area contributed by atoms with E-state index in [9.17, 15) is 8.78 Å². The van der Waals surface area contributed by atoms with Crippen LogP contribution in [0, 0.1) is 34.3 Å². The summed E-state index contributed by atoms with van der Waals surface area (Å²) in [4.78, 5) is 16.0. The molecule has 6 aromatic rings. The third-order valence-electron chi connectivity index (χ3n) is 6.41. The van der Waals surface area contributed by atoms with E-state index < -0.39 is 0 Å². The van der Waals surface area contributed by atoms with Gasteiger partial charge in [0.1, 0.15) is 35.2 Å². The molecule has 0 aliphatic heterocycles. The molecule has 8 nitrogen and oxygen atoms in total. The zero-order valence-electron chi connectivity index (χ0n) is 24.0. The van der Waals surface area contributed by atoms with Gasteiger partial charge in [-0.15, -0.1) is 0 Å². The summed E-state index contributed by atoms with van der Waals surface area (Å²) >= 11 is 3.20. The van der Waals surface area contributed by atoms with Crippen molar-refractivity contribution in [2.75, 3.05) is 0 Å². The average Bonchev–Trinajstić information content (AvgIpc) is 3.78. The van der Waals surface area contributed by atoms with Gasteiger partial charge in [-0.2, -0.15) is 10.5 Å². The minimum atomic E-state index is -0.226. The highest BCUT2D eigenvalue weighted by Crippen LogP contribution is 2.19. The Labute approximate surface area is 268 Å². The first-order valence-electron chi connectivity index (χ1n) is 13.8. The average molecular weight is 666 g/mol. The molecule has 0 saturated heterocycles. The molecule has 0 N–H and O–H groups in total. The van der Waals surface area contributed by atoms with E-state index in [2.05, 4.69) is 35.9 Å². The van der Waals surface area contributed by atoms with Crippen molar-refractivity contribution in [3.05, 3.63) is 155 Å². The number of aromatic nitrogens is 6. The third kappa shape index (κ3) is 10.6. The van der Waals surface area contributed by atoms with E-state index in [1.807, 2.05) is 45.7 Å². The van der Waals surface area contributed by atoms with Crippen LogP contribution in [0.1, 0.15) is 22.5 Å². The maximum atomic E-state index is 12.9. The zero-order valence-corrected chi connectivity index (χ0v) is 25.6. The van der Waals surface area contributed by atoms with Crippen LogP contribution in [0.25, 0.3) is 11.3 Å². The molecule has 224 valence electrons. The van der Waals surface area contributed by atoms with Crippen LogP contribution >= 0.6 is 15.9 Å². The summed E-state index contributed by atoms with van der Waals surface area (Å²) in [5, 5.41) is 17.1. The first-order chi connectivity index (χ1) is 21.9. The molecule has 0 atom stereocenters. The van der Waals surface area contributed by atoms with Gasteiger partial charge in [-0.1, -0.05) is 24.3 Å². The summed E-state index contributed by atoms with van der Waals surface area (Å²) in [6.45, 7) is 1.62. The third-order valence-corrected chi connectivity index (χ3v) is 6.88. The molecule has 0 aliphatic carbocycles. The van der Waals surface area contributed by atoms with Crippen LogP contribution in [0.4, 0.5) is 8.78 Å². The number of nitriles is 2. The number of hydrogen-bond donors (Lipinski definition) is 0. The van der Waals surface area contributed by atoms with Gasteiger partial charge in [0, 0.05) is 47.9 Å². The Bertz CT molecular complexity index is 1820. The number of hydrogen-bond acceptors (Lipinski definition) is 6. The van der Waals surface area contributed by atoms with E-state index in [4.69, 9.17) is 10.5 Å². The van der Waals surface area contributed by atoms with Gasteiger partial charge < -0.3 is 9.13 Å². The van der Waals surface area contributed by atoms with Crippen molar-refractivity contribution in [2.24, 2.45) is 0 Å². The van der Waals surface area contributed by atoms with Crippen LogP contribution in [0.2, 0.25) is 0 Å². The summed E-state index contributed by atoms with van der Waals surface area (Å²) in [7, 11) is 0. The molecule has 45 heavy (non-hydrogen) atoms. The molecule has 0 fully saturated rings. The molecule has 4 aromatic heterocycles. The lowest BCUT2D eigenvalue weighted by Gasteiger charge is -2.08. The Morgan fingerprint density at radius 2 is 1.27 bits per heavy atom. The fourth-order valence-corrected chi connectivity index (χ4v) is 4.26. The van der Waals surface area contributed by atoms with Crippen LogP contribution in [-0.4, -0.2) is 29.1 Å². The van der Waals surface area contributed by atoms with Crippen molar-refractivity contribution < 1.29 is 8.78 Å². The molecule has 0 radical (unpaired) electrons. The lowest BCUT2D eigenvalue weighted by Crippen LogP contribution is -2.02. The number of nitrogens with zero attached hydrogens (tertiary/aromatic N) is 8. The molecule has 0 aliphatic rings. The summed E-state index contributed by atoms with van der Waals surface area (Å²) in [6.07, 6.45) is 13.9. The van der Waals surface area contributed by atoms with Crippen molar-refractivity contribution in [3.63, 3.8) is 0 Å². The van der Waals surface area contributed by atoms with Crippen LogP contribution in [0.3, 0.4) is 0 Å². The quantitative estimate of drug-likeness (QED) is 0.179. The molecule has 0 unspecified atom stereocenters. The highest BCUT2D eigenvalue weighted by atomic mass is 79.9. The SMILES string of the molecule is Fc1ccc(CCn2ccnc2)cc1.N#Cc1ccc(-c2cncn2CCc2ccc(F)cc2)cn1.N#Cc1ccc(Br)cn1. The summed E-state index contributed by atoms with van der Waals surface area (Å²) in [5.41, 5.74) is 4.90. The smallest absolute Gasteiger partial charge is 0.140 e. The maximum absolute atomic E-state index is 12.9. The second-order valence-electron chi connectivity index (χ2n) is 9.54. The lowest BCUT2D eigenvalue weighted by atomic mass is 10.1. The van der Waals surface area contributed by atoms with Gasteiger partial charge in [-0.25, -0.2) is 28.7 Å².